The van der Waals surface area contributed by atoms with Crippen molar-refractivity contribution in [1.29, 1.82) is 0 Å². The number of carbonyl (C=O) groups is 2. The maximum Gasteiger partial charge on any atom is 0.269 e. The first kappa shape index (κ1) is 21.0. The lowest BCUT2D eigenvalue weighted by atomic mass is 9.96. The highest BCUT2D eigenvalue weighted by Crippen LogP contribution is 2.26. The van der Waals surface area contributed by atoms with Crippen molar-refractivity contribution in [2.24, 2.45) is 5.73 Å². The van der Waals surface area contributed by atoms with Crippen LogP contribution in [0.25, 0.3) is 17.1 Å². The monoisotopic (exact) mass is 430 g/mol. The molecule has 0 saturated heterocycles. The van der Waals surface area contributed by atoms with E-state index in [4.69, 9.17) is 10.3 Å². The zero-order valence-corrected chi connectivity index (χ0v) is 17.9. The molecule has 2 aromatic heterocycles. The van der Waals surface area contributed by atoms with Crippen molar-refractivity contribution < 1.29 is 14.1 Å². The number of carbonyl (C=O) groups excluding carboxylic acids is 2. The van der Waals surface area contributed by atoms with Gasteiger partial charge in [0.15, 0.2) is 5.82 Å². The second-order valence-electron chi connectivity index (χ2n) is 8.23. The van der Waals surface area contributed by atoms with Gasteiger partial charge in [-0.25, -0.2) is 4.68 Å². The van der Waals surface area contributed by atoms with Crippen LogP contribution in [0.4, 0.5) is 5.69 Å². The highest BCUT2D eigenvalue weighted by molar-refractivity contribution is 6.08. The Morgan fingerprint density at radius 2 is 1.75 bits per heavy atom. The standard InChI is InChI=1S/C23H22N6O3/c1-23(2,3)22-26-21(32-28-22)17-7-5-4-6-16(17)20(31)25-14-8-10-15(11-9-14)29-13-12-18(27-29)19(24)30/h4-13H,1-3H3,(H2,24,30)(H,25,31). The lowest BCUT2D eigenvalue weighted by Gasteiger charge is -2.11. The van der Waals surface area contributed by atoms with Crippen LogP contribution >= 0.6 is 0 Å². The van der Waals surface area contributed by atoms with Crippen molar-refractivity contribution in [1.82, 2.24) is 19.9 Å². The lowest BCUT2D eigenvalue weighted by Crippen LogP contribution is -2.14. The number of nitrogens with zero attached hydrogens (tertiary/aromatic N) is 4. The summed E-state index contributed by atoms with van der Waals surface area (Å²) in [5.41, 5.74) is 7.43. The molecule has 0 aliphatic rings. The van der Waals surface area contributed by atoms with Crippen molar-refractivity contribution in [3.63, 3.8) is 0 Å². The summed E-state index contributed by atoms with van der Waals surface area (Å²) in [6.07, 6.45) is 1.64. The summed E-state index contributed by atoms with van der Waals surface area (Å²) in [6.45, 7) is 5.96. The van der Waals surface area contributed by atoms with Crippen molar-refractivity contribution >= 4 is 17.5 Å². The molecule has 4 aromatic rings. The molecule has 0 unspecified atom stereocenters. The number of nitrogens with two attached hydrogens (primary N) is 1. The van der Waals surface area contributed by atoms with Gasteiger partial charge >= 0.3 is 0 Å². The summed E-state index contributed by atoms with van der Waals surface area (Å²) in [5, 5.41) is 11.0. The number of hydrogen-bond donors (Lipinski definition) is 2. The van der Waals surface area contributed by atoms with E-state index in [-0.39, 0.29) is 17.0 Å². The molecule has 0 aliphatic heterocycles. The summed E-state index contributed by atoms with van der Waals surface area (Å²) >= 11 is 0. The Hall–Kier alpha value is -4.27. The predicted octanol–water partition coefficient (Wildman–Crippen LogP) is 3.57. The molecule has 4 rings (SSSR count). The van der Waals surface area contributed by atoms with Gasteiger partial charge in [-0.2, -0.15) is 10.1 Å². The highest BCUT2D eigenvalue weighted by atomic mass is 16.5. The number of aromatic nitrogens is 4. The second kappa shape index (κ2) is 8.10. The molecule has 0 atom stereocenters. The zero-order chi connectivity index (χ0) is 22.9. The van der Waals surface area contributed by atoms with Gasteiger partial charge in [0.1, 0.15) is 5.69 Å². The fourth-order valence-electron chi connectivity index (χ4n) is 3.00. The van der Waals surface area contributed by atoms with Gasteiger partial charge in [-0.3, -0.25) is 9.59 Å². The molecule has 9 nitrogen and oxygen atoms in total. The average molecular weight is 430 g/mol. The van der Waals surface area contributed by atoms with E-state index in [1.165, 1.54) is 10.7 Å². The molecule has 0 fully saturated rings. The van der Waals surface area contributed by atoms with Crippen LogP contribution in [0.2, 0.25) is 0 Å². The maximum absolute atomic E-state index is 13.0. The summed E-state index contributed by atoms with van der Waals surface area (Å²) in [5.74, 6) is -0.0440. The van der Waals surface area contributed by atoms with Crippen molar-refractivity contribution in [3.05, 3.63) is 77.9 Å². The van der Waals surface area contributed by atoms with E-state index < -0.39 is 5.91 Å². The normalized spacial score (nSPS) is 11.3. The Morgan fingerprint density at radius 1 is 1.03 bits per heavy atom. The first-order valence-corrected chi connectivity index (χ1v) is 9.93. The molecule has 3 N–H and O–H groups in total. The topological polar surface area (TPSA) is 129 Å². The Labute approximate surface area is 184 Å². The molecule has 0 aliphatic carbocycles. The van der Waals surface area contributed by atoms with E-state index in [2.05, 4.69) is 20.6 Å². The van der Waals surface area contributed by atoms with Crippen LogP contribution in [-0.4, -0.2) is 31.7 Å². The third kappa shape index (κ3) is 4.27. The number of nitrogens with one attached hydrogen (secondary N) is 1. The van der Waals surface area contributed by atoms with Crippen LogP contribution < -0.4 is 11.1 Å². The minimum absolute atomic E-state index is 0.176. The smallest absolute Gasteiger partial charge is 0.269 e. The van der Waals surface area contributed by atoms with Crippen LogP contribution in [0.5, 0.6) is 0 Å². The Bertz CT molecular complexity index is 1280. The van der Waals surface area contributed by atoms with E-state index in [9.17, 15) is 9.59 Å². The van der Waals surface area contributed by atoms with E-state index >= 15 is 0 Å². The molecule has 2 heterocycles. The minimum atomic E-state index is -0.595. The van der Waals surface area contributed by atoms with Gasteiger partial charge in [-0.1, -0.05) is 38.1 Å². The maximum atomic E-state index is 13.0. The van der Waals surface area contributed by atoms with E-state index in [0.717, 1.165) is 5.69 Å². The van der Waals surface area contributed by atoms with Crippen LogP contribution in [0.1, 0.15) is 47.4 Å². The van der Waals surface area contributed by atoms with Crippen molar-refractivity contribution in [2.75, 3.05) is 5.32 Å². The quantitative estimate of drug-likeness (QED) is 0.498. The molecule has 32 heavy (non-hydrogen) atoms. The third-order valence-electron chi connectivity index (χ3n) is 4.73. The molecular formula is C23H22N6O3. The number of rotatable bonds is 5. The predicted molar refractivity (Wildman–Crippen MR) is 118 cm³/mol. The van der Waals surface area contributed by atoms with E-state index in [1.54, 1.807) is 48.7 Å². The number of benzene rings is 2. The molecule has 2 amide bonds. The summed E-state index contributed by atoms with van der Waals surface area (Å²) < 4.78 is 6.95. The molecule has 162 valence electrons. The van der Waals surface area contributed by atoms with Crippen LogP contribution in [0.3, 0.4) is 0 Å². The molecule has 0 radical (unpaired) electrons. The summed E-state index contributed by atoms with van der Waals surface area (Å²) in [4.78, 5) is 28.7. The van der Waals surface area contributed by atoms with Gasteiger partial charge in [0.2, 0.25) is 0 Å². The molecule has 0 spiro atoms. The Kier molecular flexibility index (Phi) is 5.31. The first-order chi connectivity index (χ1) is 15.2. The van der Waals surface area contributed by atoms with Gasteiger partial charge in [0, 0.05) is 17.3 Å². The number of hydrogen-bond acceptors (Lipinski definition) is 6. The van der Waals surface area contributed by atoms with E-state index in [0.29, 0.717) is 28.5 Å². The van der Waals surface area contributed by atoms with Gasteiger partial charge in [0.25, 0.3) is 17.7 Å². The average Bonchev–Trinajstić information content (AvgIpc) is 3.44. The number of amides is 2. The van der Waals surface area contributed by atoms with Crippen molar-refractivity contribution in [3.8, 4) is 17.1 Å². The molecular weight excluding hydrogens is 408 g/mol. The van der Waals surface area contributed by atoms with Gasteiger partial charge < -0.3 is 15.6 Å². The fourth-order valence-corrected chi connectivity index (χ4v) is 3.00. The highest BCUT2D eigenvalue weighted by Gasteiger charge is 2.23. The van der Waals surface area contributed by atoms with Gasteiger partial charge in [-0.05, 0) is 42.5 Å². The number of anilines is 1. The SMILES string of the molecule is CC(C)(C)c1noc(-c2ccccc2C(=O)Nc2ccc(-n3ccc(C(N)=O)n3)cc2)n1. The molecule has 2 aromatic carbocycles. The number of primary amides is 1. The summed E-state index contributed by atoms with van der Waals surface area (Å²) in [6, 6.07) is 15.6. The second-order valence-corrected chi connectivity index (χ2v) is 8.23. The molecule has 0 bridgehead atoms. The lowest BCUT2D eigenvalue weighted by molar-refractivity contribution is 0.0993. The summed E-state index contributed by atoms with van der Waals surface area (Å²) in [7, 11) is 0. The minimum Gasteiger partial charge on any atom is -0.364 e. The Balaban J connectivity index is 1.54. The van der Waals surface area contributed by atoms with Gasteiger partial charge in [0.05, 0.1) is 16.8 Å². The van der Waals surface area contributed by atoms with Crippen LogP contribution in [0, 0.1) is 0 Å². The molecule has 0 saturated carbocycles. The van der Waals surface area contributed by atoms with Crippen LogP contribution in [-0.2, 0) is 5.41 Å². The largest absolute Gasteiger partial charge is 0.364 e. The van der Waals surface area contributed by atoms with E-state index in [1.807, 2.05) is 26.8 Å². The third-order valence-corrected chi connectivity index (χ3v) is 4.73. The fraction of sp³-hybridized carbons (Fsp3) is 0.174. The molecule has 9 heteroatoms. The first-order valence-electron chi connectivity index (χ1n) is 9.93. The van der Waals surface area contributed by atoms with Crippen LogP contribution in [0.15, 0.2) is 65.3 Å². The zero-order valence-electron chi connectivity index (χ0n) is 17.9. The van der Waals surface area contributed by atoms with Gasteiger partial charge in [-0.15, -0.1) is 0 Å². The Morgan fingerprint density at radius 3 is 2.38 bits per heavy atom. The van der Waals surface area contributed by atoms with Crippen molar-refractivity contribution in [2.45, 2.75) is 26.2 Å².